The molecular weight excluding hydrogens is 390 g/mol. The number of nitrogens with one attached hydrogen (secondary N) is 1. The van der Waals surface area contributed by atoms with Crippen LogP contribution in [0.25, 0.3) is 11.0 Å². The minimum absolute atomic E-state index is 0.00667. The Morgan fingerprint density at radius 1 is 1.10 bits per heavy atom. The molecule has 0 spiro atoms. The third-order valence-electron chi connectivity index (χ3n) is 4.85. The van der Waals surface area contributed by atoms with E-state index in [4.69, 9.17) is 4.42 Å². The van der Waals surface area contributed by atoms with Gasteiger partial charge in [-0.1, -0.05) is 12.1 Å². The van der Waals surface area contributed by atoms with Crippen LogP contribution in [0.2, 0.25) is 0 Å². The molecule has 0 saturated carbocycles. The molecule has 8 heteroatoms. The van der Waals surface area contributed by atoms with E-state index in [9.17, 15) is 29.7 Å². The summed E-state index contributed by atoms with van der Waals surface area (Å²) in [7, 11) is 0. The van der Waals surface area contributed by atoms with Gasteiger partial charge in [-0.05, 0) is 54.8 Å². The van der Waals surface area contributed by atoms with E-state index in [2.05, 4.69) is 5.32 Å². The van der Waals surface area contributed by atoms with Crippen LogP contribution in [0.5, 0.6) is 11.5 Å². The Bertz CT molecular complexity index is 1180. The molecule has 0 saturated heterocycles. The van der Waals surface area contributed by atoms with Crippen LogP contribution in [0.4, 0.5) is 0 Å². The fourth-order valence-electron chi connectivity index (χ4n) is 3.34. The number of amides is 1. The molecule has 30 heavy (non-hydrogen) atoms. The van der Waals surface area contributed by atoms with Crippen molar-refractivity contribution in [3.63, 3.8) is 0 Å². The summed E-state index contributed by atoms with van der Waals surface area (Å²) in [5.74, 6) is -1.91. The van der Waals surface area contributed by atoms with Crippen LogP contribution in [-0.2, 0) is 22.4 Å². The highest BCUT2D eigenvalue weighted by atomic mass is 16.4. The summed E-state index contributed by atoms with van der Waals surface area (Å²) < 4.78 is 5.26. The van der Waals surface area contributed by atoms with E-state index in [0.717, 1.165) is 0 Å². The predicted molar refractivity (Wildman–Crippen MR) is 109 cm³/mol. The van der Waals surface area contributed by atoms with E-state index in [1.165, 1.54) is 18.2 Å². The van der Waals surface area contributed by atoms with Crippen molar-refractivity contribution < 1.29 is 29.3 Å². The van der Waals surface area contributed by atoms with Gasteiger partial charge in [0, 0.05) is 6.42 Å². The van der Waals surface area contributed by atoms with E-state index in [-0.39, 0.29) is 29.1 Å². The van der Waals surface area contributed by atoms with Crippen molar-refractivity contribution in [2.24, 2.45) is 0 Å². The molecule has 0 radical (unpaired) electrons. The van der Waals surface area contributed by atoms with Gasteiger partial charge in [-0.2, -0.15) is 0 Å². The van der Waals surface area contributed by atoms with Gasteiger partial charge in [0.1, 0.15) is 23.1 Å². The van der Waals surface area contributed by atoms with Crippen LogP contribution >= 0.6 is 0 Å². The third-order valence-corrected chi connectivity index (χ3v) is 4.85. The molecule has 1 unspecified atom stereocenters. The summed E-state index contributed by atoms with van der Waals surface area (Å²) >= 11 is 0. The molecule has 4 N–H and O–H groups in total. The molecule has 3 rings (SSSR count). The van der Waals surface area contributed by atoms with Gasteiger partial charge in [0.2, 0.25) is 5.91 Å². The van der Waals surface area contributed by atoms with Crippen molar-refractivity contribution in [2.75, 3.05) is 0 Å². The maximum Gasteiger partial charge on any atom is 0.340 e. The summed E-state index contributed by atoms with van der Waals surface area (Å²) in [6.07, 6.45) is -0.385. The van der Waals surface area contributed by atoms with Crippen LogP contribution in [0.15, 0.2) is 45.6 Å². The van der Waals surface area contributed by atoms with Gasteiger partial charge in [-0.3, -0.25) is 4.79 Å². The third kappa shape index (κ3) is 4.43. The SMILES string of the molecule is Cc1cc(O)c2c(C)c(CC(=O)NC(Cc3ccc(O)cc3)C(=O)O)c(=O)oc2c1. The molecular formula is C22H21NO7. The first-order valence-electron chi connectivity index (χ1n) is 9.21. The van der Waals surface area contributed by atoms with Crippen molar-refractivity contribution in [2.45, 2.75) is 32.7 Å². The van der Waals surface area contributed by atoms with Gasteiger partial charge in [-0.15, -0.1) is 0 Å². The highest BCUT2D eigenvalue weighted by Crippen LogP contribution is 2.29. The number of rotatable bonds is 6. The van der Waals surface area contributed by atoms with E-state index in [1.54, 1.807) is 32.0 Å². The second kappa shape index (κ2) is 8.28. The first kappa shape index (κ1) is 20.9. The zero-order chi connectivity index (χ0) is 22.0. The van der Waals surface area contributed by atoms with Crippen LogP contribution in [0.1, 0.15) is 22.3 Å². The molecule has 3 aromatic rings. The number of hydrogen-bond acceptors (Lipinski definition) is 6. The van der Waals surface area contributed by atoms with E-state index in [0.29, 0.717) is 22.1 Å². The Kier molecular flexibility index (Phi) is 5.77. The van der Waals surface area contributed by atoms with Gasteiger partial charge in [0.25, 0.3) is 0 Å². The van der Waals surface area contributed by atoms with Crippen LogP contribution in [0, 0.1) is 13.8 Å². The first-order valence-corrected chi connectivity index (χ1v) is 9.21. The number of benzene rings is 2. The van der Waals surface area contributed by atoms with Crippen molar-refractivity contribution in [3.05, 3.63) is 69.1 Å². The number of phenols is 2. The summed E-state index contributed by atoms with van der Waals surface area (Å²) in [6, 6.07) is 7.89. The highest BCUT2D eigenvalue weighted by Gasteiger charge is 2.23. The lowest BCUT2D eigenvalue weighted by atomic mass is 10.0. The highest BCUT2D eigenvalue weighted by molar-refractivity contribution is 5.90. The minimum atomic E-state index is -1.23. The molecule has 1 heterocycles. The number of aliphatic carboxylic acids is 1. The number of fused-ring (bicyclic) bond motifs is 1. The number of carbonyl (C=O) groups is 2. The molecule has 0 aliphatic heterocycles. The number of aromatic hydroxyl groups is 2. The van der Waals surface area contributed by atoms with Crippen molar-refractivity contribution >= 4 is 22.8 Å². The molecule has 0 aliphatic rings. The molecule has 1 atom stereocenters. The number of hydrogen-bond donors (Lipinski definition) is 4. The second-order valence-corrected chi connectivity index (χ2v) is 7.16. The lowest BCUT2D eigenvalue weighted by Crippen LogP contribution is -2.43. The number of carboxylic acids is 1. The van der Waals surface area contributed by atoms with Gasteiger partial charge in [-0.25, -0.2) is 9.59 Å². The summed E-state index contributed by atoms with van der Waals surface area (Å²) in [6.45, 7) is 3.35. The monoisotopic (exact) mass is 411 g/mol. The quantitative estimate of drug-likeness (QED) is 0.456. The Morgan fingerprint density at radius 2 is 1.77 bits per heavy atom. The van der Waals surface area contributed by atoms with Crippen LogP contribution in [-0.4, -0.2) is 33.2 Å². The average molecular weight is 411 g/mol. The average Bonchev–Trinajstić information content (AvgIpc) is 2.65. The van der Waals surface area contributed by atoms with E-state index in [1.807, 2.05) is 0 Å². The summed E-state index contributed by atoms with van der Waals surface area (Å²) in [4.78, 5) is 36.4. The number of phenolic OH excluding ortho intramolecular Hbond substituents is 2. The summed E-state index contributed by atoms with van der Waals surface area (Å²) in [5, 5.41) is 31.7. The van der Waals surface area contributed by atoms with E-state index >= 15 is 0 Å². The Labute approximate surface area is 171 Å². The lowest BCUT2D eigenvalue weighted by Gasteiger charge is -2.15. The fourth-order valence-corrected chi connectivity index (χ4v) is 3.34. The largest absolute Gasteiger partial charge is 0.508 e. The number of aryl methyl sites for hydroxylation is 2. The molecule has 0 bridgehead atoms. The summed E-state index contributed by atoms with van der Waals surface area (Å²) in [5.41, 5.74) is 1.28. The van der Waals surface area contributed by atoms with Gasteiger partial charge in [0.05, 0.1) is 17.4 Å². The molecule has 1 aromatic heterocycles. The molecule has 0 fully saturated rings. The Morgan fingerprint density at radius 3 is 2.40 bits per heavy atom. The molecule has 8 nitrogen and oxygen atoms in total. The van der Waals surface area contributed by atoms with Crippen LogP contribution < -0.4 is 10.9 Å². The lowest BCUT2D eigenvalue weighted by molar-refractivity contribution is -0.141. The molecule has 156 valence electrons. The van der Waals surface area contributed by atoms with Crippen molar-refractivity contribution in [1.29, 1.82) is 0 Å². The van der Waals surface area contributed by atoms with Crippen LogP contribution in [0.3, 0.4) is 0 Å². The zero-order valence-electron chi connectivity index (χ0n) is 16.4. The first-order chi connectivity index (χ1) is 14.2. The Hall–Kier alpha value is -3.81. The predicted octanol–water partition coefficient (Wildman–Crippen LogP) is 2.18. The molecule has 0 aliphatic carbocycles. The topological polar surface area (TPSA) is 137 Å². The van der Waals surface area contributed by atoms with Gasteiger partial charge < -0.3 is 25.1 Å². The number of carbonyl (C=O) groups excluding carboxylic acids is 1. The van der Waals surface area contributed by atoms with Gasteiger partial charge >= 0.3 is 11.6 Å². The van der Waals surface area contributed by atoms with Crippen molar-refractivity contribution in [1.82, 2.24) is 5.32 Å². The maximum atomic E-state index is 12.5. The maximum absolute atomic E-state index is 12.5. The minimum Gasteiger partial charge on any atom is -0.508 e. The smallest absolute Gasteiger partial charge is 0.340 e. The standard InChI is InChI=1S/C22H21NO7/c1-11-7-17(25)20-12(2)15(22(29)30-18(20)8-11)10-19(26)23-16(21(27)28)9-13-3-5-14(24)6-4-13/h3-8,16,24-25H,9-10H2,1-2H3,(H,23,26)(H,27,28). The Balaban J connectivity index is 1.83. The molecule has 1 amide bonds. The number of carboxylic acid groups (broad SMARTS) is 1. The zero-order valence-corrected chi connectivity index (χ0v) is 16.4. The van der Waals surface area contributed by atoms with E-state index < -0.39 is 30.0 Å². The fraction of sp³-hybridized carbons (Fsp3) is 0.227. The van der Waals surface area contributed by atoms with Gasteiger partial charge in [0.15, 0.2) is 0 Å². The normalized spacial score (nSPS) is 11.9. The van der Waals surface area contributed by atoms with Crippen molar-refractivity contribution in [3.8, 4) is 11.5 Å². The molecule has 2 aromatic carbocycles. The second-order valence-electron chi connectivity index (χ2n) is 7.16.